The lowest BCUT2D eigenvalue weighted by atomic mass is 10.1. The minimum Gasteiger partial charge on any atom is -0.341 e. The lowest BCUT2D eigenvalue weighted by Crippen LogP contribution is -2.47. The van der Waals surface area contributed by atoms with Gasteiger partial charge in [-0.3, -0.25) is 4.79 Å². The van der Waals surface area contributed by atoms with Gasteiger partial charge in [0.05, 0.1) is 6.04 Å². The van der Waals surface area contributed by atoms with E-state index in [4.69, 9.17) is 0 Å². The average molecular weight is 238 g/mol. The van der Waals surface area contributed by atoms with E-state index in [0.29, 0.717) is 11.3 Å². The molecule has 2 rings (SSSR count). The van der Waals surface area contributed by atoms with Gasteiger partial charge in [0, 0.05) is 13.1 Å². The molecule has 1 aliphatic heterocycles. The van der Waals surface area contributed by atoms with E-state index in [1.54, 1.807) is 0 Å². The third kappa shape index (κ3) is 3.21. The third-order valence-corrected chi connectivity index (χ3v) is 4.43. The molecule has 0 aromatic heterocycles. The van der Waals surface area contributed by atoms with Gasteiger partial charge in [-0.1, -0.05) is 13.8 Å². The quantitative estimate of drug-likeness (QED) is 0.812. The van der Waals surface area contributed by atoms with Crippen molar-refractivity contribution in [1.82, 2.24) is 10.2 Å². The summed E-state index contributed by atoms with van der Waals surface area (Å²) < 4.78 is 0. The first-order valence-electron chi connectivity index (χ1n) is 7.03. The van der Waals surface area contributed by atoms with Crippen molar-refractivity contribution >= 4 is 5.91 Å². The number of carbonyl (C=O) groups excluding carboxylic acids is 1. The maximum atomic E-state index is 12.2. The van der Waals surface area contributed by atoms with Crippen molar-refractivity contribution in [2.24, 2.45) is 11.3 Å². The predicted molar refractivity (Wildman–Crippen MR) is 69.8 cm³/mol. The van der Waals surface area contributed by atoms with Crippen LogP contribution in [0.1, 0.15) is 46.5 Å². The van der Waals surface area contributed by atoms with Gasteiger partial charge in [-0.25, -0.2) is 0 Å². The van der Waals surface area contributed by atoms with Crippen molar-refractivity contribution < 1.29 is 4.79 Å². The van der Waals surface area contributed by atoms with E-state index in [0.717, 1.165) is 25.6 Å². The second-order valence-electron chi connectivity index (χ2n) is 6.41. The number of rotatable bonds is 4. The summed E-state index contributed by atoms with van der Waals surface area (Å²) in [6.45, 7) is 9.52. The fourth-order valence-corrected chi connectivity index (χ4v) is 2.72. The Morgan fingerprint density at radius 1 is 1.35 bits per heavy atom. The number of hydrogen-bond acceptors (Lipinski definition) is 2. The van der Waals surface area contributed by atoms with E-state index in [1.807, 2.05) is 11.8 Å². The van der Waals surface area contributed by atoms with Crippen molar-refractivity contribution in [1.29, 1.82) is 0 Å². The van der Waals surface area contributed by atoms with Crippen molar-refractivity contribution in [2.45, 2.75) is 52.5 Å². The molecule has 98 valence electrons. The van der Waals surface area contributed by atoms with E-state index in [1.165, 1.54) is 25.7 Å². The zero-order valence-corrected chi connectivity index (χ0v) is 11.5. The number of likely N-dealkylation sites (tertiary alicyclic amines) is 1. The fraction of sp³-hybridized carbons (Fsp3) is 0.929. The molecule has 0 aromatic rings. The van der Waals surface area contributed by atoms with Crippen LogP contribution in [-0.4, -0.2) is 36.5 Å². The normalized spacial score (nSPS) is 28.9. The van der Waals surface area contributed by atoms with Gasteiger partial charge in [-0.2, -0.15) is 0 Å². The van der Waals surface area contributed by atoms with Crippen molar-refractivity contribution in [3.05, 3.63) is 0 Å². The Kier molecular flexibility index (Phi) is 3.76. The van der Waals surface area contributed by atoms with Gasteiger partial charge in [0.2, 0.25) is 5.91 Å². The smallest absolute Gasteiger partial charge is 0.239 e. The Morgan fingerprint density at radius 3 is 2.47 bits per heavy atom. The van der Waals surface area contributed by atoms with Gasteiger partial charge < -0.3 is 10.2 Å². The topological polar surface area (TPSA) is 32.3 Å². The molecule has 2 unspecified atom stereocenters. The first-order chi connectivity index (χ1) is 8.00. The molecule has 1 saturated carbocycles. The van der Waals surface area contributed by atoms with E-state index >= 15 is 0 Å². The molecular formula is C14H26N2O. The van der Waals surface area contributed by atoms with Gasteiger partial charge in [-0.05, 0) is 50.5 Å². The van der Waals surface area contributed by atoms with Crippen LogP contribution < -0.4 is 5.32 Å². The van der Waals surface area contributed by atoms with E-state index in [9.17, 15) is 4.79 Å². The van der Waals surface area contributed by atoms with Crippen LogP contribution in [0.4, 0.5) is 0 Å². The zero-order valence-electron chi connectivity index (χ0n) is 11.5. The van der Waals surface area contributed by atoms with Crippen LogP contribution in [0.2, 0.25) is 0 Å². The van der Waals surface area contributed by atoms with Crippen molar-refractivity contribution in [3.63, 3.8) is 0 Å². The highest BCUT2D eigenvalue weighted by atomic mass is 16.2. The van der Waals surface area contributed by atoms with Crippen molar-refractivity contribution in [2.75, 3.05) is 19.6 Å². The number of nitrogens with zero attached hydrogens (tertiary/aromatic N) is 1. The summed E-state index contributed by atoms with van der Waals surface area (Å²) in [5.74, 6) is 1.06. The highest BCUT2D eigenvalue weighted by Gasteiger charge is 2.45. The third-order valence-electron chi connectivity index (χ3n) is 4.43. The molecule has 0 aromatic carbocycles. The number of hydrogen-bond donors (Lipinski definition) is 1. The lowest BCUT2D eigenvalue weighted by molar-refractivity contribution is -0.133. The average Bonchev–Trinajstić information content (AvgIpc) is 2.94. The summed E-state index contributed by atoms with van der Waals surface area (Å²) in [5.41, 5.74) is 0.501. The standard InChI is InChI=1S/C14H26N2O/c1-11(15-10-12-9-14(12,2)3)13(17)16-7-5-4-6-8-16/h11-12,15H,4-10H2,1-3H3. The van der Waals surface area contributed by atoms with Crippen LogP contribution in [0, 0.1) is 11.3 Å². The molecule has 2 atom stereocenters. The van der Waals surface area contributed by atoms with Crippen LogP contribution in [-0.2, 0) is 4.79 Å². The summed E-state index contributed by atoms with van der Waals surface area (Å²) in [7, 11) is 0. The summed E-state index contributed by atoms with van der Waals surface area (Å²) in [6.07, 6.45) is 4.93. The monoisotopic (exact) mass is 238 g/mol. The Hall–Kier alpha value is -0.570. The molecule has 17 heavy (non-hydrogen) atoms. The molecule has 3 nitrogen and oxygen atoms in total. The Labute approximate surface area is 105 Å². The van der Waals surface area contributed by atoms with Gasteiger partial charge in [0.1, 0.15) is 0 Å². The Bertz CT molecular complexity index is 282. The molecule has 1 saturated heterocycles. The minimum absolute atomic E-state index is 0.00972. The minimum atomic E-state index is -0.00972. The zero-order chi connectivity index (χ0) is 12.5. The fourth-order valence-electron chi connectivity index (χ4n) is 2.72. The highest BCUT2D eigenvalue weighted by molar-refractivity contribution is 5.81. The molecule has 1 amide bonds. The number of amides is 1. The van der Waals surface area contributed by atoms with Gasteiger partial charge in [0.15, 0.2) is 0 Å². The molecule has 0 spiro atoms. The van der Waals surface area contributed by atoms with Crippen LogP contribution in [0.25, 0.3) is 0 Å². The molecule has 0 radical (unpaired) electrons. The highest BCUT2D eigenvalue weighted by Crippen LogP contribution is 2.51. The van der Waals surface area contributed by atoms with E-state index in [2.05, 4.69) is 19.2 Å². The lowest BCUT2D eigenvalue weighted by Gasteiger charge is -2.29. The molecule has 1 aliphatic carbocycles. The molecule has 0 bridgehead atoms. The van der Waals surface area contributed by atoms with Crippen LogP contribution in [0.15, 0.2) is 0 Å². The predicted octanol–water partition coefficient (Wildman–Crippen LogP) is 2.02. The summed E-state index contributed by atoms with van der Waals surface area (Å²) in [6, 6.07) is -0.00972. The van der Waals surface area contributed by atoms with Crippen molar-refractivity contribution in [3.8, 4) is 0 Å². The van der Waals surface area contributed by atoms with Crippen LogP contribution in [0.5, 0.6) is 0 Å². The van der Waals surface area contributed by atoms with Gasteiger partial charge in [-0.15, -0.1) is 0 Å². The first kappa shape index (κ1) is 12.9. The van der Waals surface area contributed by atoms with E-state index < -0.39 is 0 Å². The summed E-state index contributed by atoms with van der Waals surface area (Å²) in [4.78, 5) is 14.2. The van der Waals surface area contributed by atoms with Gasteiger partial charge >= 0.3 is 0 Å². The second kappa shape index (κ2) is 4.97. The SMILES string of the molecule is CC(NCC1CC1(C)C)C(=O)N1CCCCC1. The molecule has 1 heterocycles. The number of nitrogens with one attached hydrogen (secondary N) is 1. The summed E-state index contributed by atoms with van der Waals surface area (Å²) in [5, 5.41) is 3.41. The summed E-state index contributed by atoms with van der Waals surface area (Å²) >= 11 is 0. The largest absolute Gasteiger partial charge is 0.341 e. The van der Waals surface area contributed by atoms with Gasteiger partial charge in [0.25, 0.3) is 0 Å². The first-order valence-corrected chi connectivity index (χ1v) is 7.03. The maximum Gasteiger partial charge on any atom is 0.239 e. The second-order valence-corrected chi connectivity index (χ2v) is 6.41. The van der Waals surface area contributed by atoms with Crippen LogP contribution in [0.3, 0.4) is 0 Å². The van der Waals surface area contributed by atoms with Crippen LogP contribution >= 0.6 is 0 Å². The van der Waals surface area contributed by atoms with E-state index in [-0.39, 0.29) is 6.04 Å². The number of carbonyl (C=O) groups is 1. The molecular weight excluding hydrogens is 212 g/mol. The molecule has 1 N–H and O–H groups in total. The Morgan fingerprint density at radius 2 is 1.94 bits per heavy atom. The maximum absolute atomic E-state index is 12.2. The number of piperidine rings is 1. The Balaban J connectivity index is 1.71. The molecule has 3 heteroatoms. The molecule has 2 fully saturated rings. The molecule has 2 aliphatic rings.